The van der Waals surface area contributed by atoms with Gasteiger partial charge in [0.25, 0.3) is 0 Å². The van der Waals surface area contributed by atoms with E-state index in [1.807, 2.05) is 13.8 Å². The van der Waals surface area contributed by atoms with Crippen molar-refractivity contribution in [2.24, 2.45) is 0 Å². The van der Waals surface area contributed by atoms with E-state index in [4.69, 9.17) is 4.74 Å². The Morgan fingerprint density at radius 3 is 2.21 bits per heavy atom. The molecule has 0 spiro atoms. The topological polar surface area (TPSA) is 52.6 Å². The van der Waals surface area contributed by atoms with Crippen LogP contribution in [0.2, 0.25) is 0 Å². The summed E-state index contributed by atoms with van der Waals surface area (Å²) in [6.45, 7) is 4.39. The minimum atomic E-state index is -0.492. The quantitative estimate of drug-likeness (QED) is 0.487. The molecule has 0 fully saturated rings. The number of esters is 2. The van der Waals surface area contributed by atoms with E-state index in [0.29, 0.717) is 30.6 Å². The molecule has 1 heterocycles. The molecular weight excluding hydrogens is 184 g/mol. The van der Waals surface area contributed by atoms with Crippen molar-refractivity contribution in [1.82, 2.24) is 0 Å². The first-order chi connectivity index (χ1) is 6.56. The minimum Gasteiger partial charge on any atom is -0.386 e. The standard InChI is InChI=1S/C10H12O4/c1-3-13-10(2)4-6-7(5-10)9(12)14-8(6)11/h3-5H2,1-2H3. The molecule has 0 saturated heterocycles. The van der Waals surface area contributed by atoms with Gasteiger partial charge in [0, 0.05) is 19.4 Å². The van der Waals surface area contributed by atoms with Crippen LogP contribution in [-0.2, 0) is 19.1 Å². The Hall–Kier alpha value is -1.16. The third-order valence-corrected chi connectivity index (χ3v) is 2.64. The molecule has 2 rings (SSSR count). The van der Waals surface area contributed by atoms with Crippen molar-refractivity contribution in [3.8, 4) is 0 Å². The van der Waals surface area contributed by atoms with Crippen LogP contribution < -0.4 is 0 Å². The Kier molecular flexibility index (Phi) is 1.96. The van der Waals surface area contributed by atoms with Gasteiger partial charge >= 0.3 is 11.9 Å². The fourth-order valence-corrected chi connectivity index (χ4v) is 2.07. The van der Waals surface area contributed by atoms with Gasteiger partial charge in [0.15, 0.2) is 0 Å². The van der Waals surface area contributed by atoms with Crippen molar-refractivity contribution in [3.63, 3.8) is 0 Å². The van der Waals surface area contributed by atoms with E-state index in [1.165, 1.54) is 0 Å². The highest BCUT2D eigenvalue weighted by molar-refractivity contribution is 6.13. The molecule has 0 unspecified atom stereocenters. The number of ether oxygens (including phenoxy) is 2. The largest absolute Gasteiger partial charge is 0.386 e. The van der Waals surface area contributed by atoms with Gasteiger partial charge in [-0.1, -0.05) is 0 Å². The SMILES string of the molecule is CCOC1(C)CC2=C(C1)C(=O)OC2=O. The normalized spacial score (nSPS) is 24.1. The van der Waals surface area contributed by atoms with Gasteiger partial charge in [-0.15, -0.1) is 0 Å². The maximum absolute atomic E-state index is 11.2. The average molecular weight is 196 g/mol. The van der Waals surface area contributed by atoms with Crippen LogP contribution >= 0.6 is 0 Å². The lowest BCUT2D eigenvalue weighted by Gasteiger charge is -2.24. The van der Waals surface area contributed by atoms with Crippen molar-refractivity contribution in [1.29, 1.82) is 0 Å². The number of cyclic esters (lactones) is 2. The van der Waals surface area contributed by atoms with E-state index in [1.54, 1.807) is 0 Å². The highest BCUT2D eigenvalue weighted by Crippen LogP contribution is 2.41. The number of carbonyl (C=O) groups is 2. The molecule has 0 radical (unpaired) electrons. The second-order valence-electron chi connectivity index (χ2n) is 3.87. The van der Waals surface area contributed by atoms with E-state index in [2.05, 4.69) is 4.74 Å². The first-order valence-corrected chi connectivity index (χ1v) is 4.68. The van der Waals surface area contributed by atoms with Crippen LogP contribution in [0.15, 0.2) is 11.1 Å². The zero-order chi connectivity index (χ0) is 10.3. The average Bonchev–Trinajstić information content (AvgIpc) is 2.53. The zero-order valence-corrected chi connectivity index (χ0v) is 8.25. The maximum atomic E-state index is 11.2. The second-order valence-corrected chi connectivity index (χ2v) is 3.87. The summed E-state index contributed by atoms with van der Waals surface area (Å²) in [4.78, 5) is 22.4. The summed E-state index contributed by atoms with van der Waals surface area (Å²) in [5.74, 6) is -0.984. The highest BCUT2D eigenvalue weighted by atomic mass is 16.6. The second kappa shape index (κ2) is 2.92. The number of hydrogen-bond donors (Lipinski definition) is 0. The molecule has 2 aliphatic rings. The summed E-state index contributed by atoms with van der Waals surface area (Å²) < 4.78 is 10.0. The molecule has 0 atom stereocenters. The summed E-state index contributed by atoms with van der Waals surface area (Å²) in [5.41, 5.74) is 0.617. The highest BCUT2D eigenvalue weighted by Gasteiger charge is 2.46. The molecule has 0 aromatic carbocycles. The van der Waals surface area contributed by atoms with E-state index in [9.17, 15) is 9.59 Å². The number of rotatable bonds is 2. The lowest BCUT2D eigenvalue weighted by molar-refractivity contribution is -0.152. The third kappa shape index (κ3) is 1.26. The molecule has 1 aliphatic carbocycles. The van der Waals surface area contributed by atoms with Gasteiger partial charge in [-0.25, -0.2) is 9.59 Å². The lowest BCUT2D eigenvalue weighted by Crippen LogP contribution is -2.28. The molecule has 0 amide bonds. The van der Waals surface area contributed by atoms with E-state index < -0.39 is 17.5 Å². The molecule has 0 saturated carbocycles. The Bertz CT molecular complexity index is 314. The summed E-state index contributed by atoms with van der Waals surface area (Å²) in [6.07, 6.45) is 0.974. The summed E-state index contributed by atoms with van der Waals surface area (Å²) in [7, 11) is 0. The Morgan fingerprint density at radius 1 is 1.29 bits per heavy atom. The van der Waals surface area contributed by atoms with Crippen LogP contribution in [0.1, 0.15) is 26.7 Å². The third-order valence-electron chi connectivity index (χ3n) is 2.64. The van der Waals surface area contributed by atoms with Gasteiger partial charge in [0.05, 0.1) is 16.7 Å². The summed E-state index contributed by atoms with van der Waals surface area (Å²) >= 11 is 0. The van der Waals surface area contributed by atoms with E-state index >= 15 is 0 Å². The Balaban J connectivity index is 2.21. The zero-order valence-electron chi connectivity index (χ0n) is 8.25. The maximum Gasteiger partial charge on any atom is 0.342 e. The van der Waals surface area contributed by atoms with E-state index in [0.717, 1.165) is 0 Å². The fourth-order valence-electron chi connectivity index (χ4n) is 2.07. The van der Waals surface area contributed by atoms with Crippen LogP contribution in [0, 0.1) is 0 Å². The van der Waals surface area contributed by atoms with Gasteiger partial charge in [0.1, 0.15) is 0 Å². The molecule has 0 aromatic heterocycles. The summed E-state index contributed by atoms with van der Waals surface area (Å²) in [6, 6.07) is 0. The Morgan fingerprint density at radius 2 is 1.79 bits per heavy atom. The predicted molar refractivity (Wildman–Crippen MR) is 47.4 cm³/mol. The lowest BCUT2D eigenvalue weighted by atomic mass is 10.0. The molecular formula is C10H12O4. The van der Waals surface area contributed by atoms with Crippen LogP contribution in [0.5, 0.6) is 0 Å². The summed E-state index contributed by atoms with van der Waals surface area (Å²) in [5, 5.41) is 0. The molecule has 4 nitrogen and oxygen atoms in total. The monoisotopic (exact) mass is 196 g/mol. The fraction of sp³-hybridized carbons (Fsp3) is 0.600. The van der Waals surface area contributed by atoms with Gasteiger partial charge in [-0.2, -0.15) is 0 Å². The van der Waals surface area contributed by atoms with Crippen molar-refractivity contribution in [3.05, 3.63) is 11.1 Å². The van der Waals surface area contributed by atoms with Crippen LogP contribution in [0.25, 0.3) is 0 Å². The molecule has 4 heteroatoms. The molecule has 1 aliphatic heterocycles. The van der Waals surface area contributed by atoms with Gasteiger partial charge in [0.2, 0.25) is 0 Å². The predicted octanol–water partition coefficient (Wildman–Crippen LogP) is 0.955. The van der Waals surface area contributed by atoms with Crippen molar-refractivity contribution in [2.75, 3.05) is 6.61 Å². The van der Waals surface area contributed by atoms with Crippen molar-refractivity contribution < 1.29 is 19.1 Å². The molecule has 76 valence electrons. The first kappa shape index (κ1) is 9.40. The molecule has 0 N–H and O–H groups in total. The van der Waals surface area contributed by atoms with E-state index in [-0.39, 0.29) is 0 Å². The first-order valence-electron chi connectivity index (χ1n) is 4.68. The smallest absolute Gasteiger partial charge is 0.342 e. The van der Waals surface area contributed by atoms with Gasteiger partial charge in [-0.05, 0) is 13.8 Å². The van der Waals surface area contributed by atoms with Crippen molar-refractivity contribution >= 4 is 11.9 Å². The minimum absolute atomic E-state index is 0.394. The molecule has 14 heavy (non-hydrogen) atoms. The van der Waals surface area contributed by atoms with Crippen LogP contribution in [0.3, 0.4) is 0 Å². The van der Waals surface area contributed by atoms with Gasteiger partial charge in [-0.3, -0.25) is 0 Å². The molecule has 0 aromatic rings. The number of hydrogen-bond acceptors (Lipinski definition) is 4. The van der Waals surface area contributed by atoms with Crippen LogP contribution in [0.4, 0.5) is 0 Å². The van der Waals surface area contributed by atoms with Crippen LogP contribution in [-0.4, -0.2) is 24.1 Å². The number of carbonyl (C=O) groups excluding carboxylic acids is 2. The van der Waals surface area contributed by atoms with Gasteiger partial charge < -0.3 is 9.47 Å². The van der Waals surface area contributed by atoms with Crippen molar-refractivity contribution in [2.45, 2.75) is 32.3 Å². The molecule has 0 bridgehead atoms. The Labute approximate surface area is 81.9 Å².